The van der Waals surface area contributed by atoms with Crippen molar-refractivity contribution >= 4 is 0 Å². The third-order valence-electron chi connectivity index (χ3n) is 4.90. The Bertz CT molecular complexity index is 441. The van der Waals surface area contributed by atoms with Gasteiger partial charge in [0, 0.05) is 5.92 Å². The average Bonchev–Trinajstić information content (AvgIpc) is 3.24. The van der Waals surface area contributed by atoms with Crippen molar-refractivity contribution in [1.29, 1.82) is 0 Å². The minimum atomic E-state index is 0.136. The lowest BCUT2D eigenvalue weighted by Crippen LogP contribution is -2.40. The predicted octanol–water partition coefficient (Wildman–Crippen LogP) is 3.68. The zero-order valence-corrected chi connectivity index (χ0v) is 13.1. The summed E-state index contributed by atoms with van der Waals surface area (Å²) in [6, 6.07) is 9.90. The molecule has 3 heteroatoms. The summed E-state index contributed by atoms with van der Waals surface area (Å²) in [4.78, 5) is 0. The van der Waals surface area contributed by atoms with E-state index >= 15 is 0 Å². The largest absolute Gasteiger partial charge is 0.491 e. The maximum Gasteiger partial charge on any atom is 0.119 e. The molecule has 0 aromatic heterocycles. The van der Waals surface area contributed by atoms with Crippen LogP contribution in [0.2, 0.25) is 0 Å². The molecule has 1 aromatic rings. The van der Waals surface area contributed by atoms with E-state index < -0.39 is 0 Å². The monoisotopic (exact) mass is 290 g/mol. The molecule has 4 atom stereocenters. The molecule has 1 aromatic carbocycles. The number of hydrogen-bond donors (Lipinski definition) is 0. The van der Waals surface area contributed by atoms with E-state index in [-0.39, 0.29) is 11.7 Å². The molecule has 3 rings (SSSR count). The molecule has 4 unspecified atom stereocenters. The van der Waals surface area contributed by atoms with Gasteiger partial charge in [0.25, 0.3) is 0 Å². The zero-order chi connectivity index (χ0) is 14.7. The first-order valence-electron chi connectivity index (χ1n) is 8.13. The highest BCUT2D eigenvalue weighted by Crippen LogP contribution is 2.49. The van der Waals surface area contributed by atoms with Crippen molar-refractivity contribution in [3.63, 3.8) is 0 Å². The van der Waals surface area contributed by atoms with E-state index in [1.54, 1.807) is 0 Å². The van der Waals surface area contributed by atoms with Crippen molar-refractivity contribution < 1.29 is 14.2 Å². The van der Waals surface area contributed by atoms with Crippen molar-refractivity contribution in [3.05, 3.63) is 30.3 Å². The lowest BCUT2D eigenvalue weighted by atomic mass is 9.72. The molecule has 1 saturated carbocycles. The fraction of sp³-hybridized carbons (Fsp3) is 0.667. The van der Waals surface area contributed by atoms with Gasteiger partial charge in [-0.25, -0.2) is 0 Å². The van der Waals surface area contributed by atoms with Crippen LogP contribution in [0.15, 0.2) is 30.3 Å². The molecule has 3 nitrogen and oxygen atoms in total. The predicted molar refractivity (Wildman–Crippen MR) is 82.5 cm³/mol. The minimum absolute atomic E-state index is 0.136. The molecule has 1 aliphatic heterocycles. The third kappa shape index (κ3) is 3.58. The molecule has 1 saturated heterocycles. The van der Waals surface area contributed by atoms with E-state index in [4.69, 9.17) is 14.2 Å². The van der Waals surface area contributed by atoms with E-state index in [9.17, 15) is 0 Å². The third-order valence-corrected chi connectivity index (χ3v) is 4.90. The SMILES string of the molecule is CC1CCC(C(C)OCCOc2ccccc2)C2(CO2)C1. The van der Waals surface area contributed by atoms with Gasteiger partial charge >= 0.3 is 0 Å². The molecule has 21 heavy (non-hydrogen) atoms. The molecule has 2 fully saturated rings. The summed E-state index contributed by atoms with van der Waals surface area (Å²) in [5, 5.41) is 0. The molecule has 1 heterocycles. The Hall–Kier alpha value is -1.06. The zero-order valence-electron chi connectivity index (χ0n) is 13.1. The molecule has 1 aliphatic carbocycles. The molecule has 1 spiro atoms. The Labute approximate surface area is 127 Å². The second-order valence-electron chi connectivity index (χ2n) is 6.58. The minimum Gasteiger partial charge on any atom is -0.491 e. The van der Waals surface area contributed by atoms with Crippen molar-refractivity contribution in [2.24, 2.45) is 11.8 Å². The van der Waals surface area contributed by atoms with E-state index in [0.29, 0.717) is 19.1 Å². The van der Waals surface area contributed by atoms with Gasteiger partial charge in [0.2, 0.25) is 0 Å². The summed E-state index contributed by atoms with van der Waals surface area (Å²) in [5.74, 6) is 2.24. The highest BCUT2D eigenvalue weighted by molar-refractivity contribution is 5.20. The summed E-state index contributed by atoms with van der Waals surface area (Å²) in [5.41, 5.74) is 0.136. The van der Waals surface area contributed by atoms with Gasteiger partial charge in [-0.15, -0.1) is 0 Å². The van der Waals surface area contributed by atoms with Crippen LogP contribution in [0.3, 0.4) is 0 Å². The average molecular weight is 290 g/mol. The first-order valence-corrected chi connectivity index (χ1v) is 8.13. The topological polar surface area (TPSA) is 31.0 Å². The fourth-order valence-corrected chi connectivity index (χ4v) is 3.68. The van der Waals surface area contributed by atoms with Crippen molar-refractivity contribution in [1.82, 2.24) is 0 Å². The van der Waals surface area contributed by atoms with Gasteiger partial charge in [-0.2, -0.15) is 0 Å². The fourth-order valence-electron chi connectivity index (χ4n) is 3.68. The van der Waals surface area contributed by atoms with E-state index in [1.807, 2.05) is 30.3 Å². The van der Waals surface area contributed by atoms with Gasteiger partial charge in [0.1, 0.15) is 12.4 Å². The van der Waals surface area contributed by atoms with E-state index in [1.165, 1.54) is 19.3 Å². The van der Waals surface area contributed by atoms with Crippen LogP contribution in [0.5, 0.6) is 5.75 Å². The Balaban J connectivity index is 1.41. The Morgan fingerprint density at radius 2 is 2.00 bits per heavy atom. The lowest BCUT2D eigenvalue weighted by Gasteiger charge is -2.36. The van der Waals surface area contributed by atoms with Crippen LogP contribution < -0.4 is 4.74 Å². The molecule has 0 radical (unpaired) electrons. The maximum atomic E-state index is 6.01. The van der Waals surface area contributed by atoms with Gasteiger partial charge in [-0.1, -0.05) is 31.5 Å². The molecule has 2 aliphatic rings. The number of rotatable bonds is 6. The van der Waals surface area contributed by atoms with Crippen LogP contribution >= 0.6 is 0 Å². The normalized spacial score (nSPS) is 32.9. The van der Waals surface area contributed by atoms with Crippen LogP contribution in [0.4, 0.5) is 0 Å². The van der Waals surface area contributed by atoms with E-state index in [2.05, 4.69) is 13.8 Å². The highest BCUT2D eigenvalue weighted by atomic mass is 16.6. The molecular weight excluding hydrogens is 264 g/mol. The smallest absolute Gasteiger partial charge is 0.119 e. The molecule has 0 amide bonds. The summed E-state index contributed by atoms with van der Waals surface area (Å²) >= 11 is 0. The maximum absolute atomic E-state index is 6.01. The van der Waals surface area contributed by atoms with Crippen molar-refractivity contribution in [2.45, 2.75) is 44.8 Å². The second kappa shape index (κ2) is 6.37. The van der Waals surface area contributed by atoms with Crippen molar-refractivity contribution in [2.75, 3.05) is 19.8 Å². The lowest BCUT2D eigenvalue weighted by molar-refractivity contribution is -0.0349. The van der Waals surface area contributed by atoms with Gasteiger partial charge in [0.05, 0.1) is 24.9 Å². The standard InChI is InChI=1S/C18H26O3/c1-14-8-9-17(18(12-14)13-21-18)15(2)19-10-11-20-16-6-4-3-5-7-16/h3-7,14-15,17H,8-13H2,1-2H3. The van der Waals surface area contributed by atoms with E-state index in [0.717, 1.165) is 18.3 Å². The summed E-state index contributed by atoms with van der Waals surface area (Å²) in [7, 11) is 0. The van der Waals surface area contributed by atoms with Crippen LogP contribution in [-0.2, 0) is 9.47 Å². The van der Waals surface area contributed by atoms with Gasteiger partial charge in [-0.3, -0.25) is 0 Å². The number of para-hydroxylation sites is 1. The molecular formula is C18H26O3. The van der Waals surface area contributed by atoms with Crippen LogP contribution in [0.25, 0.3) is 0 Å². The van der Waals surface area contributed by atoms with Crippen LogP contribution in [-0.4, -0.2) is 31.5 Å². The first-order chi connectivity index (χ1) is 10.2. The summed E-state index contributed by atoms with van der Waals surface area (Å²) < 4.78 is 17.5. The van der Waals surface area contributed by atoms with Crippen molar-refractivity contribution in [3.8, 4) is 5.75 Å². The number of hydrogen-bond acceptors (Lipinski definition) is 3. The summed E-state index contributed by atoms with van der Waals surface area (Å²) in [6.07, 6.45) is 3.97. The Kier molecular flexibility index (Phi) is 4.51. The molecule has 0 N–H and O–H groups in total. The van der Waals surface area contributed by atoms with Gasteiger partial charge in [0.15, 0.2) is 0 Å². The van der Waals surface area contributed by atoms with Gasteiger partial charge < -0.3 is 14.2 Å². The van der Waals surface area contributed by atoms with Gasteiger partial charge in [-0.05, 0) is 37.8 Å². The Morgan fingerprint density at radius 3 is 2.71 bits per heavy atom. The first kappa shape index (κ1) is 14.9. The highest BCUT2D eigenvalue weighted by Gasteiger charge is 2.55. The number of ether oxygens (including phenoxy) is 3. The Morgan fingerprint density at radius 1 is 1.24 bits per heavy atom. The molecule has 116 valence electrons. The van der Waals surface area contributed by atoms with Crippen LogP contribution in [0, 0.1) is 11.8 Å². The number of benzene rings is 1. The second-order valence-corrected chi connectivity index (χ2v) is 6.58. The quantitative estimate of drug-likeness (QED) is 0.591. The number of epoxide rings is 1. The summed E-state index contributed by atoms with van der Waals surface area (Å²) in [6.45, 7) is 6.69. The molecule has 0 bridgehead atoms. The van der Waals surface area contributed by atoms with Crippen LogP contribution in [0.1, 0.15) is 33.1 Å².